The molecule has 0 aliphatic rings. The lowest BCUT2D eigenvalue weighted by molar-refractivity contribution is -0.121. The molecule has 5 nitrogen and oxygen atoms in total. The molecule has 25 heavy (non-hydrogen) atoms. The van der Waals surface area contributed by atoms with Gasteiger partial charge in [-0.1, -0.05) is 60.1 Å². The Morgan fingerprint density at radius 1 is 1.08 bits per heavy atom. The van der Waals surface area contributed by atoms with Crippen molar-refractivity contribution in [1.29, 1.82) is 0 Å². The number of rotatable bonds is 8. The molecule has 0 heterocycles. The van der Waals surface area contributed by atoms with Crippen molar-refractivity contribution in [2.45, 2.75) is 19.5 Å². The van der Waals surface area contributed by atoms with Crippen LogP contribution in [0.15, 0.2) is 54.6 Å². The Morgan fingerprint density at radius 3 is 2.36 bits per heavy atom. The number of sulfonamides is 1. The quantitative estimate of drug-likeness (QED) is 0.765. The lowest BCUT2D eigenvalue weighted by Gasteiger charge is -2.19. The Bertz CT molecular complexity index is 810. The standard InChI is InChI=1S/C18H21ClN2O3S/c1-25(23,24)21(14-15-7-3-2-4-8-15)12-11-18(22)20-13-16-9-5-6-10-17(16)19/h2-10H,11-14H2,1H3,(H,20,22). The summed E-state index contributed by atoms with van der Waals surface area (Å²) in [6.45, 7) is 0.690. The Kier molecular flexibility index (Phi) is 6.99. The van der Waals surface area contributed by atoms with Gasteiger partial charge in [-0.05, 0) is 17.2 Å². The van der Waals surface area contributed by atoms with Gasteiger partial charge in [0.2, 0.25) is 15.9 Å². The monoisotopic (exact) mass is 380 g/mol. The average Bonchev–Trinajstić information content (AvgIpc) is 2.57. The molecule has 2 aromatic rings. The molecule has 0 aromatic heterocycles. The zero-order valence-electron chi connectivity index (χ0n) is 14.0. The molecule has 0 aliphatic carbocycles. The van der Waals surface area contributed by atoms with Crippen molar-refractivity contribution < 1.29 is 13.2 Å². The highest BCUT2D eigenvalue weighted by Gasteiger charge is 2.18. The van der Waals surface area contributed by atoms with Gasteiger partial charge in [0.05, 0.1) is 6.26 Å². The number of halogens is 1. The molecule has 7 heteroatoms. The van der Waals surface area contributed by atoms with Crippen molar-refractivity contribution in [3.63, 3.8) is 0 Å². The van der Waals surface area contributed by atoms with E-state index >= 15 is 0 Å². The third-order valence-corrected chi connectivity index (χ3v) is 5.31. The average molecular weight is 381 g/mol. The van der Waals surface area contributed by atoms with E-state index in [1.54, 1.807) is 6.07 Å². The van der Waals surface area contributed by atoms with E-state index in [2.05, 4.69) is 5.32 Å². The van der Waals surface area contributed by atoms with E-state index in [1.807, 2.05) is 48.5 Å². The van der Waals surface area contributed by atoms with E-state index in [4.69, 9.17) is 11.6 Å². The topological polar surface area (TPSA) is 66.5 Å². The van der Waals surface area contributed by atoms with Crippen LogP contribution in [0.1, 0.15) is 17.5 Å². The number of amides is 1. The second-order valence-electron chi connectivity index (χ2n) is 5.70. The van der Waals surface area contributed by atoms with Gasteiger partial charge >= 0.3 is 0 Å². The Morgan fingerprint density at radius 2 is 1.72 bits per heavy atom. The molecular weight excluding hydrogens is 360 g/mol. The summed E-state index contributed by atoms with van der Waals surface area (Å²) in [7, 11) is -3.40. The molecule has 0 saturated carbocycles. The Labute approximate surface area is 153 Å². The number of nitrogens with zero attached hydrogens (tertiary/aromatic N) is 1. The van der Waals surface area contributed by atoms with E-state index in [-0.39, 0.29) is 25.4 Å². The molecule has 2 rings (SSSR count). The predicted molar refractivity (Wildman–Crippen MR) is 99.6 cm³/mol. The van der Waals surface area contributed by atoms with Crippen molar-refractivity contribution in [3.8, 4) is 0 Å². The normalized spacial score (nSPS) is 11.5. The smallest absolute Gasteiger partial charge is 0.221 e. The fourth-order valence-electron chi connectivity index (χ4n) is 2.30. The number of benzene rings is 2. The zero-order chi connectivity index (χ0) is 18.3. The first kappa shape index (κ1) is 19.4. The van der Waals surface area contributed by atoms with Crippen LogP contribution in [0.3, 0.4) is 0 Å². The van der Waals surface area contributed by atoms with E-state index in [9.17, 15) is 13.2 Å². The molecule has 0 fully saturated rings. The SMILES string of the molecule is CS(=O)(=O)N(CCC(=O)NCc1ccccc1Cl)Cc1ccccc1. The van der Waals surface area contributed by atoms with Crippen molar-refractivity contribution in [2.24, 2.45) is 0 Å². The number of hydrogen-bond donors (Lipinski definition) is 1. The highest BCUT2D eigenvalue weighted by molar-refractivity contribution is 7.88. The lowest BCUT2D eigenvalue weighted by atomic mass is 10.2. The summed E-state index contributed by atoms with van der Waals surface area (Å²) < 4.78 is 25.2. The summed E-state index contributed by atoms with van der Waals surface area (Å²) >= 11 is 6.05. The first-order valence-electron chi connectivity index (χ1n) is 7.85. The molecule has 134 valence electrons. The first-order chi connectivity index (χ1) is 11.9. The van der Waals surface area contributed by atoms with Gasteiger partial charge in [0.15, 0.2) is 0 Å². The van der Waals surface area contributed by atoms with E-state index in [1.165, 1.54) is 4.31 Å². The molecule has 0 aliphatic heterocycles. The van der Waals surface area contributed by atoms with Crippen molar-refractivity contribution in [3.05, 3.63) is 70.7 Å². The fraction of sp³-hybridized carbons (Fsp3) is 0.278. The summed E-state index contributed by atoms with van der Waals surface area (Å²) in [6, 6.07) is 16.6. The summed E-state index contributed by atoms with van der Waals surface area (Å²) in [5.74, 6) is -0.221. The Balaban J connectivity index is 1.89. The predicted octanol–water partition coefficient (Wildman–Crippen LogP) is 2.81. The van der Waals surface area contributed by atoms with Gasteiger partial charge in [-0.25, -0.2) is 8.42 Å². The van der Waals surface area contributed by atoms with Gasteiger partial charge in [-0.3, -0.25) is 4.79 Å². The van der Waals surface area contributed by atoms with Crippen LogP contribution in [0.4, 0.5) is 0 Å². The van der Waals surface area contributed by atoms with E-state index in [0.717, 1.165) is 17.4 Å². The maximum absolute atomic E-state index is 12.0. The number of hydrogen-bond acceptors (Lipinski definition) is 3. The minimum absolute atomic E-state index is 0.0877. The van der Waals surface area contributed by atoms with Crippen LogP contribution in [0, 0.1) is 0 Å². The molecule has 1 amide bonds. The minimum atomic E-state index is -3.40. The molecule has 0 bridgehead atoms. The zero-order valence-corrected chi connectivity index (χ0v) is 15.6. The summed E-state index contributed by atoms with van der Waals surface area (Å²) in [5, 5.41) is 3.35. The fourth-order valence-corrected chi connectivity index (χ4v) is 3.31. The molecule has 0 radical (unpaired) electrons. The molecule has 2 aromatic carbocycles. The van der Waals surface area contributed by atoms with Crippen LogP contribution >= 0.6 is 11.6 Å². The van der Waals surface area contributed by atoms with Gasteiger partial charge in [-0.2, -0.15) is 4.31 Å². The third kappa shape index (κ3) is 6.49. The number of carbonyl (C=O) groups excluding carboxylic acids is 1. The molecule has 0 atom stereocenters. The van der Waals surface area contributed by atoms with Gasteiger partial charge < -0.3 is 5.32 Å². The highest BCUT2D eigenvalue weighted by atomic mass is 35.5. The van der Waals surface area contributed by atoms with E-state index < -0.39 is 10.0 Å². The van der Waals surface area contributed by atoms with Crippen LogP contribution in [0.5, 0.6) is 0 Å². The second-order valence-corrected chi connectivity index (χ2v) is 8.09. The lowest BCUT2D eigenvalue weighted by Crippen LogP contribution is -2.34. The molecule has 1 N–H and O–H groups in total. The van der Waals surface area contributed by atoms with Crippen molar-refractivity contribution in [1.82, 2.24) is 9.62 Å². The van der Waals surface area contributed by atoms with Crippen LogP contribution in [0.25, 0.3) is 0 Å². The largest absolute Gasteiger partial charge is 0.352 e. The van der Waals surface area contributed by atoms with Gasteiger partial charge in [-0.15, -0.1) is 0 Å². The molecular formula is C18H21ClN2O3S. The van der Waals surface area contributed by atoms with Crippen LogP contribution in [0.2, 0.25) is 5.02 Å². The highest BCUT2D eigenvalue weighted by Crippen LogP contribution is 2.14. The number of nitrogens with one attached hydrogen (secondary N) is 1. The second kappa shape index (κ2) is 8.99. The minimum Gasteiger partial charge on any atom is -0.352 e. The summed E-state index contributed by atoms with van der Waals surface area (Å²) in [4.78, 5) is 12.0. The van der Waals surface area contributed by atoms with Crippen molar-refractivity contribution >= 4 is 27.5 Å². The summed E-state index contributed by atoms with van der Waals surface area (Å²) in [6.07, 6.45) is 1.24. The molecule has 0 saturated heterocycles. The van der Waals surface area contributed by atoms with Crippen LogP contribution in [-0.2, 0) is 27.9 Å². The van der Waals surface area contributed by atoms with Gasteiger partial charge in [0.1, 0.15) is 0 Å². The van der Waals surface area contributed by atoms with E-state index in [0.29, 0.717) is 11.6 Å². The molecule has 0 spiro atoms. The van der Waals surface area contributed by atoms with Gasteiger partial charge in [0.25, 0.3) is 0 Å². The first-order valence-corrected chi connectivity index (χ1v) is 10.1. The van der Waals surface area contributed by atoms with Crippen LogP contribution in [-0.4, -0.2) is 31.4 Å². The molecule has 0 unspecified atom stereocenters. The maximum Gasteiger partial charge on any atom is 0.221 e. The summed E-state index contributed by atoms with van der Waals surface area (Å²) in [5.41, 5.74) is 1.70. The Hall–Kier alpha value is -1.89. The maximum atomic E-state index is 12.0. The van der Waals surface area contributed by atoms with Gasteiger partial charge in [0, 0.05) is 31.1 Å². The number of carbonyl (C=O) groups is 1. The van der Waals surface area contributed by atoms with Crippen molar-refractivity contribution in [2.75, 3.05) is 12.8 Å². The van der Waals surface area contributed by atoms with Crippen LogP contribution < -0.4 is 5.32 Å². The third-order valence-electron chi connectivity index (χ3n) is 3.69.